The summed E-state index contributed by atoms with van der Waals surface area (Å²) in [5.41, 5.74) is 0.816. The summed E-state index contributed by atoms with van der Waals surface area (Å²) in [7, 11) is 0. The fourth-order valence-corrected chi connectivity index (χ4v) is 3.05. The van der Waals surface area contributed by atoms with Gasteiger partial charge in [-0.1, -0.05) is 30.3 Å². The van der Waals surface area contributed by atoms with Gasteiger partial charge in [-0.2, -0.15) is 0 Å². The zero-order valence-corrected chi connectivity index (χ0v) is 13.6. The number of phenolic OH excluding ortho intramolecular Hbond substituents is 1. The van der Waals surface area contributed by atoms with Gasteiger partial charge in [0.15, 0.2) is 0 Å². The van der Waals surface area contributed by atoms with E-state index in [2.05, 4.69) is 29.6 Å². The largest absolute Gasteiger partial charge is 0.508 e. The van der Waals surface area contributed by atoms with Crippen molar-refractivity contribution in [3.8, 4) is 5.75 Å². The van der Waals surface area contributed by atoms with Crippen molar-refractivity contribution in [2.45, 2.75) is 30.4 Å². The van der Waals surface area contributed by atoms with Gasteiger partial charge in [-0.15, -0.1) is 11.8 Å². The average molecular weight is 317 g/mol. The van der Waals surface area contributed by atoms with Gasteiger partial charge in [0, 0.05) is 10.9 Å². The highest BCUT2D eigenvalue weighted by Gasteiger charge is 2.15. The zero-order chi connectivity index (χ0) is 15.8. The van der Waals surface area contributed by atoms with Crippen LogP contribution in [0.1, 0.15) is 25.0 Å². The second-order valence-corrected chi connectivity index (χ2v) is 6.46. The Morgan fingerprint density at radius 3 is 2.41 bits per heavy atom. The molecule has 118 valence electrons. The normalized spacial score (nSPS) is 13.7. The van der Waals surface area contributed by atoms with Crippen LogP contribution in [0.2, 0.25) is 0 Å². The summed E-state index contributed by atoms with van der Waals surface area (Å²) >= 11 is 1.85. The summed E-state index contributed by atoms with van der Waals surface area (Å²) in [5, 5.41) is 22.9. The minimum absolute atomic E-state index is 0.0220. The van der Waals surface area contributed by atoms with E-state index in [0.717, 1.165) is 24.3 Å². The third-order valence-electron chi connectivity index (χ3n) is 3.51. The summed E-state index contributed by atoms with van der Waals surface area (Å²) in [6.07, 6.45) is 0.481. The van der Waals surface area contributed by atoms with Crippen molar-refractivity contribution in [3.05, 3.63) is 60.2 Å². The third-order valence-corrected chi connectivity index (χ3v) is 4.61. The Morgan fingerprint density at radius 2 is 1.73 bits per heavy atom. The van der Waals surface area contributed by atoms with Gasteiger partial charge in [0.25, 0.3) is 0 Å². The number of aromatic hydroxyl groups is 1. The minimum Gasteiger partial charge on any atom is -0.508 e. The van der Waals surface area contributed by atoms with E-state index < -0.39 is 6.10 Å². The average Bonchev–Trinajstić information content (AvgIpc) is 2.55. The van der Waals surface area contributed by atoms with Crippen molar-refractivity contribution in [1.82, 2.24) is 5.32 Å². The Labute approximate surface area is 136 Å². The molecule has 0 radical (unpaired) electrons. The van der Waals surface area contributed by atoms with Crippen LogP contribution < -0.4 is 5.32 Å². The second kappa shape index (κ2) is 8.83. The molecule has 22 heavy (non-hydrogen) atoms. The molecular weight excluding hydrogens is 294 g/mol. The van der Waals surface area contributed by atoms with Crippen LogP contribution >= 0.6 is 11.8 Å². The first kappa shape index (κ1) is 16.9. The Kier molecular flexibility index (Phi) is 6.77. The Bertz CT molecular complexity index is 545. The molecule has 0 amide bonds. The van der Waals surface area contributed by atoms with Gasteiger partial charge in [0.1, 0.15) is 5.75 Å². The topological polar surface area (TPSA) is 52.5 Å². The molecule has 0 unspecified atom stereocenters. The van der Waals surface area contributed by atoms with Crippen molar-refractivity contribution in [1.29, 1.82) is 0 Å². The summed E-state index contributed by atoms with van der Waals surface area (Å²) in [6, 6.07) is 17.1. The van der Waals surface area contributed by atoms with Crippen molar-refractivity contribution in [2.24, 2.45) is 0 Å². The molecule has 0 heterocycles. The monoisotopic (exact) mass is 317 g/mol. The second-order valence-electron chi connectivity index (χ2n) is 5.29. The third kappa shape index (κ3) is 5.37. The highest BCUT2D eigenvalue weighted by molar-refractivity contribution is 7.99. The number of hydrogen-bond acceptors (Lipinski definition) is 4. The van der Waals surface area contributed by atoms with Crippen LogP contribution in [0.3, 0.4) is 0 Å². The molecule has 0 saturated carbocycles. The maximum Gasteiger partial charge on any atom is 0.115 e. The predicted molar refractivity (Wildman–Crippen MR) is 92.3 cm³/mol. The maximum atomic E-state index is 10.3. The number of phenols is 1. The van der Waals surface area contributed by atoms with Crippen LogP contribution in [-0.4, -0.2) is 28.6 Å². The number of rotatable bonds is 8. The zero-order valence-electron chi connectivity index (χ0n) is 12.8. The highest BCUT2D eigenvalue weighted by atomic mass is 32.2. The van der Waals surface area contributed by atoms with Gasteiger partial charge < -0.3 is 15.5 Å². The lowest BCUT2D eigenvalue weighted by Crippen LogP contribution is -2.33. The molecule has 2 rings (SSSR count). The molecule has 2 aromatic carbocycles. The van der Waals surface area contributed by atoms with Crippen molar-refractivity contribution >= 4 is 11.8 Å². The van der Waals surface area contributed by atoms with E-state index in [0.29, 0.717) is 0 Å². The number of aliphatic hydroxyl groups is 1. The van der Waals surface area contributed by atoms with Crippen molar-refractivity contribution in [2.75, 3.05) is 12.3 Å². The molecule has 0 spiro atoms. The maximum absolute atomic E-state index is 10.3. The van der Waals surface area contributed by atoms with Crippen LogP contribution in [-0.2, 0) is 0 Å². The molecule has 2 atom stereocenters. The molecule has 0 aromatic heterocycles. The first-order valence-corrected chi connectivity index (χ1v) is 8.53. The first-order valence-electron chi connectivity index (χ1n) is 7.55. The van der Waals surface area contributed by atoms with Crippen LogP contribution in [0, 0.1) is 0 Å². The molecule has 0 aliphatic heterocycles. The molecule has 0 aliphatic carbocycles. The Balaban J connectivity index is 1.67. The first-order chi connectivity index (χ1) is 10.7. The van der Waals surface area contributed by atoms with Crippen LogP contribution in [0.5, 0.6) is 5.75 Å². The summed E-state index contributed by atoms with van der Waals surface area (Å²) in [4.78, 5) is 1.29. The van der Waals surface area contributed by atoms with E-state index in [-0.39, 0.29) is 11.8 Å². The van der Waals surface area contributed by atoms with E-state index in [1.807, 2.05) is 24.8 Å². The van der Waals surface area contributed by atoms with Crippen molar-refractivity contribution in [3.63, 3.8) is 0 Å². The Morgan fingerprint density at radius 1 is 1.05 bits per heavy atom. The molecule has 0 fully saturated rings. The van der Waals surface area contributed by atoms with E-state index in [1.165, 1.54) is 4.90 Å². The number of nitrogens with one attached hydrogen (secondary N) is 1. The predicted octanol–water partition coefficient (Wildman–Crippen LogP) is 3.59. The van der Waals surface area contributed by atoms with Crippen LogP contribution in [0.4, 0.5) is 0 Å². The number of thioether (sulfide) groups is 1. The lowest BCUT2D eigenvalue weighted by atomic mass is 10.0. The van der Waals surface area contributed by atoms with Crippen molar-refractivity contribution < 1.29 is 10.2 Å². The molecule has 3 nitrogen and oxygen atoms in total. The summed E-state index contributed by atoms with van der Waals surface area (Å²) < 4.78 is 0. The van der Waals surface area contributed by atoms with E-state index in [4.69, 9.17) is 0 Å². The molecule has 2 aromatic rings. The van der Waals surface area contributed by atoms with Gasteiger partial charge >= 0.3 is 0 Å². The van der Waals surface area contributed by atoms with Gasteiger partial charge in [0.05, 0.1) is 6.10 Å². The van der Waals surface area contributed by atoms with Gasteiger partial charge in [0.2, 0.25) is 0 Å². The van der Waals surface area contributed by atoms with Gasteiger partial charge in [-0.05, 0) is 55.5 Å². The molecule has 4 heteroatoms. The van der Waals surface area contributed by atoms with Crippen LogP contribution in [0.25, 0.3) is 0 Å². The van der Waals surface area contributed by atoms with E-state index in [1.54, 1.807) is 24.3 Å². The fourth-order valence-electron chi connectivity index (χ4n) is 2.18. The summed E-state index contributed by atoms with van der Waals surface area (Å²) in [6.45, 7) is 2.85. The highest BCUT2D eigenvalue weighted by Crippen LogP contribution is 2.20. The standard InChI is InChI=1S/C18H23NO2S/c1-14(18(21)15-8-10-16(20)11-9-15)19-12-5-13-22-17-6-3-2-4-7-17/h2-4,6-11,14,18-21H,5,12-13H2,1H3/t14-,18+/m1/s1. The van der Waals surface area contributed by atoms with E-state index in [9.17, 15) is 10.2 Å². The number of benzene rings is 2. The molecular formula is C18H23NO2S. The van der Waals surface area contributed by atoms with Gasteiger partial charge in [-0.25, -0.2) is 0 Å². The molecule has 0 aliphatic rings. The lowest BCUT2D eigenvalue weighted by molar-refractivity contribution is 0.136. The fraction of sp³-hybridized carbons (Fsp3) is 0.333. The number of hydrogen-bond donors (Lipinski definition) is 3. The minimum atomic E-state index is -0.567. The SMILES string of the molecule is C[C@@H](NCCCSc1ccccc1)[C@H](O)c1ccc(O)cc1. The molecule has 0 bridgehead atoms. The summed E-state index contributed by atoms with van der Waals surface area (Å²) in [5.74, 6) is 1.27. The number of aliphatic hydroxyl groups excluding tert-OH is 1. The molecule has 0 saturated heterocycles. The quantitative estimate of drug-likeness (QED) is 0.514. The lowest BCUT2D eigenvalue weighted by Gasteiger charge is -2.20. The van der Waals surface area contributed by atoms with Crippen LogP contribution in [0.15, 0.2) is 59.5 Å². The van der Waals surface area contributed by atoms with Gasteiger partial charge in [-0.3, -0.25) is 0 Å². The van der Waals surface area contributed by atoms with E-state index >= 15 is 0 Å². The molecule has 3 N–H and O–H groups in total. The smallest absolute Gasteiger partial charge is 0.115 e. The Hall–Kier alpha value is -1.49.